The molecule has 94 valence electrons. The van der Waals surface area contributed by atoms with Crippen molar-refractivity contribution < 1.29 is 13.9 Å². The van der Waals surface area contributed by atoms with Crippen LogP contribution in [0, 0.1) is 11.6 Å². The summed E-state index contributed by atoms with van der Waals surface area (Å²) in [6, 6.07) is 3.57. The van der Waals surface area contributed by atoms with Crippen LogP contribution < -0.4 is 0 Å². The molecule has 1 saturated heterocycles. The van der Waals surface area contributed by atoms with Crippen LogP contribution in [0.4, 0.5) is 8.78 Å². The minimum absolute atomic E-state index is 0.447. The molecule has 2 nitrogen and oxygen atoms in total. The second-order valence-electron chi connectivity index (χ2n) is 4.53. The van der Waals surface area contributed by atoms with Crippen LogP contribution in [0.1, 0.15) is 30.9 Å². The summed E-state index contributed by atoms with van der Waals surface area (Å²) >= 11 is 0. The third-order valence-corrected chi connectivity index (χ3v) is 3.25. The average molecular weight is 241 g/mol. The Balaban J connectivity index is 1.89. The molecule has 1 aliphatic heterocycles. The van der Waals surface area contributed by atoms with Crippen molar-refractivity contribution >= 4 is 0 Å². The molecule has 1 heterocycles. The van der Waals surface area contributed by atoms with Crippen LogP contribution in [0.3, 0.4) is 0 Å². The lowest BCUT2D eigenvalue weighted by Gasteiger charge is -2.17. The van der Waals surface area contributed by atoms with Crippen molar-refractivity contribution in [2.24, 2.45) is 0 Å². The lowest BCUT2D eigenvalue weighted by molar-refractivity contribution is 0.148. The fourth-order valence-corrected chi connectivity index (χ4v) is 2.20. The molecular weight excluding hydrogens is 224 g/mol. The number of nitrogens with zero attached hydrogens (tertiary/aromatic N) is 1. The summed E-state index contributed by atoms with van der Waals surface area (Å²) in [5.41, 5.74) is 0.447. The highest BCUT2D eigenvalue weighted by Gasteiger charge is 2.15. The van der Waals surface area contributed by atoms with E-state index in [1.807, 2.05) is 0 Å². The van der Waals surface area contributed by atoms with Crippen molar-refractivity contribution in [2.75, 3.05) is 19.6 Å². The zero-order valence-corrected chi connectivity index (χ0v) is 9.70. The van der Waals surface area contributed by atoms with E-state index in [4.69, 9.17) is 0 Å². The number of rotatable bonds is 4. The van der Waals surface area contributed by atoms with Gasteiger partial charge in [-0.25, -0.2) is 8.78 Å². The zero-order valence-electron chi connectivity index (χ0n) is 9.70. The Kier molecular flexibility index (Phi) is 4.07. The first-order valence-corrected chi connectivity index (χ1v) is 6.02. The quantitative estimate of drug-likeness (QED) is 0.875. The molecular formula is C13H17F2NO. The Morgan fingerprint density at radius 2 is 1.88 bits per heavy atom. The normalized spacial score (nSPS) is 18.5. The van der Waals surface area contributed by atoms with Crippen LogP contribution >= 0.6 is 0 Å². The molecule has 17 heavy (non-hydrogen) atoms. The second kappa shape index (κ2) is 5.56. The van der Waals surface area contributed by atoms with Gasteiger partial charge in [0.25, 0.3) is 0 Å². The van der Waals surface area contributed by atoms with Crippen molar-refractivity contribution in [1.82, 2.24) is 4.90 Å². The summed E-state index contributed by atoms with van der Waals surface area (Å²) in [6.45, 7) is 2.95. The molecule has 1 aromatic rings. The zero-order chi connectivity index (χ0) is 12.3. The first-order valence-electron chi connectivity index (χ1n) is 6.02. The van der Waals surface area contributed by atoms with Crippen molar-refractivity contribution in [3.8, 4) is 0 Å². The van der Waals surface area contributed by atoms with E-state index >= 15 is 0 Å². The van der Waals surface area contributed by atoms with E-state index in [1.165, 1.54) is 18.9 Å². The molecule has 1 unspecified atom stereocenters. The Morgan fingerprint density at radius 1 is 1.18 bits per heavy atom. The maximum absolute atomic E-state index is 13.0. The van der Waals surface area contributed by atoms with Crippen molar-refractivity contribution in [3.05, 3.63) is 35.4 Å². The van der Waals surface area contributed by atoms with Crippen LogP contribution in [0.5, 0.6) is 0 Å². The van der Waals surface area contributed by atoms with Crippen molar-refractivity contribution in [1.29, 1.82) is 0 Å². The molecule has 0 radical (unpaired) electrons. The van der Waals surface area contributed by atoms with Gasteiger partial charge in [0.2, 0.25) is 0 Å². The number of aliphatic hydroxyl groups is 1. The summed E-state index contributed by atoms with van der Waals surface area (Å²) in [7, 11) is 0. The lowest BCUT2D eigenvalue weighted by Crippen LogP contribution is -2.22. The molecule has 1 aromatic carbocycles. The molecule has 0 aromatic heterocycles. The van der Waals surface area contributed by atoms with Crippen LogP contribution in [0.25, 0.3) is 0 Å². The standard InChI is InChI=1S/C13H17F2NO/c14-11-4-3-10(9-12(11)15)13(17)5-8-16-6-1-2-7-16/h3-4,9,13,17H,1-2,5-8H2. The highest BCUT2D eigenvalue weighted by atomic mass is 19.2. The summed E-state index contributed by atoms with van der Waals surface area (Å²) in [4.78, 5) is 2.28. The van der Waals surface area contributed by atoms with Gasteiger partial charge in [-0.15, -0.1) is 0 Å². The van der Waals surface area contributed by atoms with Gasteiger partial charge in [-0.05, 0) is 50.0 Å². The van der Waals surface area contributed by atoms with E-state index in [-0.39, 0.29) is 0 Å². The van der Waals surface area contributed by atoms with Gasteiger partial charge in [-0.2, -0.15) is 0 Å². The van der Waals surface area contributed by atoms with Crippen LogP contribution in [-0.2, 0) is 0 Å². The summed E-state index contributed by atoms with van der Waals surface area (Å²) in [5, 5.41) is 9.88. The van der Waals surface area contributed by atoms with Crippen molar-refractivity contribution in [2.45, 2.75) is 25.4 Å². The van der Waals surface area contributed by atoms with Crippen molar-refractivity contribution in [3.63, 3.8) is 0 Å². The van der Waals surface area contributed by atoms with E-state index in [1.54, 1.807) is 0 Å². The summed E-state index contributed by atoms with van der Waals surface area (Å²) < 4.78 is 25.7. The lowest BCUT2D eigenvalue weighted by atomic mass is 10.1. The van der Waals surface area contributed by atoms with Gasteiger partial charge in [0.1, 0.15) is 0 Å². The van der Waals surface area contributed by atoms with Crippen LogP contribution in [-0.4, -0.2) is 29.6 Å². The number of halogens is 2. The number of likely N-dealkylation sites (tertiary alicyclic amines) is 1. The Bertz CT molecular complexity index is 378. The maximum Gasteiger partial charge on any atom is 0.159 e. The van der Waals surface area contributed by atoms with Gasteiger partial charge in [0.15, 0.2) is 11.6 Å². The van der Waals surface area contributed by atoms with Crippen LogP contribution in [0.15, 0.2) is 18.2 Å². The number of hydrogen-bond donors (Lipinski definition) is 1. The average Bonchev–Trinajstić information content (AvgIpc) is 2.82. The Hall–Kier alpha value is -1.00. The van der Waals surface area contributed by atoms with E-state index < -0.39 is 17.7 Å². The highest BCUT2D eigenvalue weighted by molar-refractivity contribution is 5.19. The monoisotopic (exact) mass is 241 g/mol. The smallest absolute Gasteiger partial charge is 0.159 e. The topological polar surface area (TPSA) is 23.5 Å². The first-order chi connectivity index (χ1) is 8.16. The van der Waals surface area contributed by atoms with Gasteiger partial charge in [-0.1, -0.05) is 6.07 Å². The molecule has 1 aliphatic rings. The van der Waals surface area contributed by atoms with Gasteiger partial charge in [0, 0.05) is 6.54 Å². The van der Waals surface area contributed by atoms with E-state index in [2.05, 4.69) is 4.90 Å². The molecule has 4 heteroatoms. The molecule has 1 atom stereocenters. The minimum atomic E-state index is -0.900. The number of aliphatic hydroxyl groups excluding tert-OH is 1. The summed E-state index contributed by atoms with van der Waals surface area (Å²) in [6.07, 6.45) is 2.26. The third kappa shape index (κ3) is 3.23. The molecule has 0 bridgehead atoms. The molecule has 0 amide bonds. The SMILES string of the molecule is OC(CCN1CCCC1)c1ccc(F)c(F)c1. The predicted octanol–water partition coefficient (Wildman–Crippen LogP) is 2.48. The second-order valence-corrected chi connectivity index (χ2v) is 4.53. The largest absolute Gasteiger partial charge is 0.388 e. The third-order valence-electron chi connectivity index (χ3n) is 3.25. The Labute approximate surface area is 99.9 Å². The molecule has 0 saturated carbocycles. The first kappa shape index (κ1) is 12.5. The minimum Gasteiger partial charge on any atom is -0.388 e. The van der Waals surface area contributed by atoms with Gasteiger partial charge >= 0.3 is 0 Å². The Morgan fingerprint density at radius 3 is 2.53 bits per heavy atom. The van der Waals surface area contributed by atoms with Crippen LogP contribution in [0.2, 0.25) is 0 Å². The van der Waals surface area contributed by atoms with E-state index in [0.29, 0.717) is 12.0 Å². The van der Waals surface area contributed by atoms with Gasteiger partial charge < -0.3 is 10.0 Å². The van der Waals surface area contributed by atoms with Gasteiger partial charge in [0.05, 0.1) is 6.10 Å². The molecule has 1 N–H and O–H groups in total. The molecule has 0 spiro atoms. The molecule has 0 aliphatic carbocycles. The maximum atomic E-state index is 13.0. The fourth-order valence-electron chi connectivity index (χ4n) is 2.20. The van der Waals surface area contributed by atoms with E-state index in [9.17, 15) is 13.9 Å². The summed E-state index contributed by atoms with van der Waals surface area (Å²) in [5.74, 6) is -1.77. The number of benzene rings is 1. The van der Waals surface area contributed by atoms with Gasteiger partial charge in [-0.3, -0.25) is 0 Å². The predicted molar refractivity (Wildman–Crippen MR) is 61.6 cm³/mol. The fraction of sp³-hybridized carbons (Fsp3) is 0.538. The number of hydrogen-bond acceptors (Lipinski definition) is 2. The molecule has 1 fully saturated rings. The van der Waals surface area contributed by atoms with E-state index in [0.717, 1.165) is 31.8 Å². The highest BCUT2D eigenvalue weighted by Crippen LogP contribution is 2.20. The molecule has 2 rings (SSSR count).